The zero-order chi connectivity index (χ0) is 16.7. The molecule has 5 heteroatoms. The number of carboxylic acid groups (broad SMARTS) is 1. The van der Waals surface area contributed by atoms with E-state index in [4.69, 9.17) is 11.6 Å². The molecule has 0 aromatic heterocycles. The van der Waals surface area contributed by atoms with Crippen LogP contribution in [0.2, 0.25) is 0 Å². The minimum absolute atomic E-state index is 0. The largest absolute Gasteiger partial charge is 1.00 e. The number of allylic oxidation sites excluding steroid dienone is 2. The molecular formula is C18H32ClNaO3. The molecule has 1 N–H and O–H groups in total. The first-order chi connectivity index (χ1) is 10.5. The van der Waals surface area contributed by atoms with Gasteiger partial charge in [0.2, 0.25) is 0 Å². The van der Waals surface area contributed by atoms with Gasteiger partial charge in [-0.3, -0.25) is 0 Å². The van der Waals surface area contributed by atoms with Gasteiger partial charge in [0.25, 0.3) is 0 Å². The predicted molar refractivity (Wildman–Crippen MR) is 90.6 cm³/mol. The first kappa shape index (κ1) is 25.7. The summed E-state index contributed by atoms with van der Waals surface area (Å²) in [6.45, 7) is 2.24. The van der Waals surface area contributed by atoms with E-state index in [9.17, 15) is 15.0 Å². The van der Waals surface area contributed by atoms with E-state index in [-0.39, 0.29) is 36.0 Å². The van der Waals surface area contributed by atoms with Crippen molar-refractivity contribution in [2.75, 3.05) is 0 Å². The zero-order valence-electron chi connectivity index (χ0n) is 15.0. The summed E-state index contributed by atoms with van der Waals surface area (Å²) in [5, 5.41) is 17.6. The van der Waals surface area contributed by atoms with Crippen molar-refractivity contribution in [2.45, 2.75) is 95.5 Å². The van der Waals surface area contributed by atoms with Crippen LogP contribution in [0.15, 0.2) is 12.2 Å². The molecule has 23 heavy (non-hydrogen) atoms. The van der Waals surface area contributed by atoms with E-state index in [1.54, 1.807) is 0 Å². The number of unbranched alkanes of at least 4 members (excludes halogenated alkanes) is 10. The maximum absolute atomic E-state index is 10.5. The Morgan fingerprint density at radius 3 is 1.87 bits per heavy atom. The molecule has 0 aliphatic heterocycles. The Balaban J connectivity index is 0. The van der Waals surface area contributed by atoms with E-state index < -0.39 is 11.0 Å². The summed E-state index contributed by atoms with van der Waals surface area (Å²) >= 11 is 5.40. The smallest absolute Gasteiger partial charge is 0.546 e. The van der Waals surface area contributed by atoms with Gasteiger partial charge in [0.15, 0.2) is 5.06 Å². The summed E-state index contributed by atoms with van der Waals surface area (Å²) in [6, 6.07) is 0. The van der Waals surface area contributed by atoms with Crippen molar-refractivity contribution >= 4 is 17.6 Å². The van der Waals surface area contributed by atoms with Crippen LogP contribution in [0.4, 0.5) is 0 Å². The molecule has 1 atom stereocenters. The van der Waals surface area contributed by atoms with Crippen molar-refractivity contribution in [3.63, 3.8) is 0 Å². The Hall–Kier alpha value is 0.460. The van der Waals surface area contributed by atoms with E-state index in [0.717, 1.165) is 25.7 Å². The van der Waals surface area contributed by atoms with Crippen LogP contribution in [-0.2, 0) is 4.79 Å². The Kier molecular flexibility index (Phi) is 19.3. The number of alkyl halides is 1. The number of hydrogen-bond acceptors (Lipinski definition) is 3. The van der Waals surface area contributed by atoms with Crippen LogP contribution in [-0.4, -0.2) is 16.1 Å². The average molecular weight is 355 g/mol. The second-order valence-electron chi connectivity index (χ2n) is 6.03. The molecule has 0 heterocycles. The van der Waals surface area contributed by atoms with Crippen LogP contribution >= 0.6 is 11.6 Å². The molecule has 0 aliphatic carbocycles. The number of aliphatic carboxylic acids is 1. The number of carbonyl (C=O) groups excluding carboxylic acids is 1. The van der Waals surface area contributed by atoms with Gasteiger partial charge in [0.1, 0.15) is 0 Å². The topological polar surface area (TPSA) is 60.4 Å². The molecular weight excluding hydrogens is 323 g/mol. The molecule has 130 valence electrons. The molecule has 0 amide bonds. The fourth-order valence-corrected chi connectivity index (χ4v) is 2.49. The van der Waals surface area contributed by atoms with Crippen LogP contribution in [0.1, 0.15) is 90.4 Å². The Bertz CT molecular complexity index is 307. The van der Waals surface area contributed by atoms with Gasteiger partial charge >= 0.3 is 29.6 Å². The molecule has 0 radical (unpaired) electrons. The summed E-state index contributed by atoms with van der Waals surface area (Å²) in [7, 11) is 0. The second-order valence-corrected chi connectivity index (χ2v) is 6.65. The molecule has 0 aliphatic rings. The Morgan fingerprint density at radius 1 is 0.957 bits per heavy atom. The zero-order valence-corrected chi connectivity index (χ0v) is 17.7. The standard InChI is InChI=1S/C18H33ClO3.Na/c1-2-3-4-5-6-7-8-9-10-11-12-13-14-15-16-18(19,22)17(20)21;/h9-10,22H,2-8,11-16H2,1H3,(H,20,21);/q;+1/p-1/b10-9-;. The normalized spacial score (nSPS) is 13.7. The molecule has 0 bridgehead atoms. The maximum atomic E-state index is 10.5. The predicted octanol–water partition coefficient (Wildman–Crippen LogP) is 1.32. The SMILES string of the molecule is CCCCCCCC/C=C\CCCCCCC(O)(Cl)C(=O)[O-].[Na+]. The molecule has 1 unspecified atom stereocenters. The number of hydrogen-bond donors (Lipinski definition) is 1. The summed E-state index contributed by atoms with van der Waals surface area (Å²) in [6.07, 6.45) is 18.4. The maximum Gasteiger partial charge on any atom is 1.00 e. The summed E-state index contributed by atoms with van der Waals surface area (Å²) in [5.74, 6) is -1.60. The van der Waals surface area contributed by atoms with Crippen molar-refractivity contribution < 1.29 is 44.6 Å². The van der Waals surface area contributed by atoms with Crippen LogP contribution in [0, 0.1) is 0 Å². The quantitative estimate of drug-likeness (QED) is 0.209. The van der Waals surface area contributed by atoms with E-state index >= 15 is 0 Å². The van der Waals surface area contributed by atoms with E-state index in [1.807, 2.05) is 0 Å². The molecule has 3 nitrogen and oxygen atoms in total. The Labute approximate surface area is 169 Å². The monoisotopic (exact) mass is 354 g/mol. The summed E-state index contributed by atoms with van der Waals surface area (Å²) < 4.78 is 0. The third-order valence-corrected chi connectivity index (χ3v) is 4.18. The van der Waals surface area contributed by atoms with Gasteiger partial charge in [-0.1, -0.05) is 75.6 Å². The van der Waals surface area contributed by atoms with Crippen LogP contribution < -0.4 is 34.7 Å². The first-order valence-electron chi connectivity index (χ1n) is 8.78. The molecule has 0 saturated carbocycles. The van der Waals surface area contributed by atoms with Crippen molar-refractivity contribution in [2.24, 2.45) is 0 Å². The number of rotatable bonds is 15. The minimum Gasteiger partial charge on any atom is -0.546 e. The molecule has 0 aromatic rings. The van der Waals surface area contributed by atoms with Gasteiger partial charge in [0.05, 0.1) is 5.97 Å². The molecule has 0 aromatic carbocycles. The molecule has 0 saturated heterocycles. The average Bonchev–Trinajstić information content (AvgIpc) is 2.47. The summed E-state index contributed by atoms with van der Waals surface area (Å²) in [5.41, 5.74) is 0. The molecule has 0 spiro atoms. The Morgan fingerprint density at radius 2 is 1.39 bits per heavy atom. The van der Waals surface area contributed by atoms with Crippen LogP contribution in [0.25, 0.3) is 0 Å². The number of halogens is 1. The van der Waals surface area contributed by atoms with Gasteiger partial charge in [-0.25, -0.2) is 0 Å². The third-order valence-electron chi connectivity index (χ3n) is 3.83. The van der Waals surface area contributed by atoms with Crippen LogP contribution in [0.5, 0.6) is 0 Å². The van der Waals surface area contributed by atoms with Crippen molar-refractivity contribution in [3.8, 4) is 0 Å². The molecule has 0 rings (SSSR count). The van der Waals surface area contributed by atoms with Gasteiger partial charge < -0.3 is 15.0 Å². The van der Waals surface area contributed by atoms with E-state index in [2.05, 4.69) is 19.1 Å². The third kappa shape index (κ3) is 17.1. The number of carbonyl (C=O) groups is 1. The summed E-state index contributed by atoms with van der Waals surface area (Å²) in [4.78, 5) is 10.5. The van der Waals surface area contributed by atoms with Crippen LogP contribution in [0.3, 0.4) is 0 Å². The van der Waals surface area contributed by atoms with Gasteiger partial charge in [-0.2, -0.15) is 0 Å². The first-order valence-corrected chi connectivity index (χ1v) is 9.16. The van der Waals surface area contributed by atoms with E-state index in [1.165, 1.54) is 44.9 Å². The van der Waals surface area contributed by atoms with Gasteiger partial charge in [-0.05, 0) is 38.5 Å². The van der Waals surface area contributed by atoms with E-state index in [0.29, 0.717) is 6.42 Å². The van der Waals surface area contributed by atoms with Gasteiger partial charge in [-0.15, -0.1) is 0 Å². The van der Waals surface area contributed by atoms with Crippen molar-refractivity contribution in [1.29, 1.82) is 0 Å². The number of carboxylic acids is 1. The fraction of sp³-hybridized carbons (Fsp3) is 0.833. The van der Waals surface area contributed by atoms with Crippen molar-refractivity contribution in [1.82, 2.24) is 0 Å². The van der Waals surface area contributed by atoms with Gasteiger partial charge in [0, 0.05) is 0 Å². The van der Waals surface area contributed by atoms with Crippen molar-refractivity contribution in [3.05, 3.63) is 12.2 Å². The number of aliphatic hydroxyl groups is 1. The fourth-order valence-electron chi connectivity index (χ4n) is 2.36. The minimum atomic E-state index is -2.20. The molecule has 0 fully saturated rings. The second kappa shape index (κ2) is 17.3.